The highest BCUT2D eigenvalue weighted by Crippen LogP contribution is 2.71. The van der Waals surface area contributed by atoms with E-state index in [2.05, 4.69) is 38.5 Å². The number of hydrogen-bond donors (Lipinski definition) is 7. The van der Waals surface area contributed by atoms with Gasteiger partial charge < -0.3 is 75.1 Å². The monoisotopic (exact) mass is 1470 g/mol. The molecule has 6 aliphatic rings. The molecule has 3 unspecified atom stereocenters. The number of esters is 1. The standard InChI is InChI=1S/C77H108F2N8O18/c1-7-8-29-98-32-28-87-64-22-20-57-56(19-21-63(64)85-86-87)58(57)46-105-73(96)82-27-31-100-34-36-102-38-37-101-35-33-99-30-24-68(92)84-70(48(2)3)65(89)41-52(10-9-26-81-72(80)95)71(94)83-53-15-11-51(12-16-53)45-104-69(93)40-50-13-17-55(18-14-50)103-47-67(91)77(97)49(4)39-59-60-43-62(78)61-42-54(88)23-25-74(61,5)76(60,79)66(90)44-75(59,77)6/h11-18,23,25,42,48-49,52,56-60,62,66,70,90,97H,7-10,19-22,24,26-41,43-47H2,1-6H3,(H,82,96)(H,83,94)(H,84,92)(H3,80,81,95)/t49-,52-,56?,57?,58?,59+,60+,62+,66+,70+,74+,75+,76+,77+/m1/s1. The number of carbonyl (C=O) groups is 8. The van der Waals surface area contributed by atoms with Crippen LogP contribution in [0.25, 0.3) is 0 Å². The third kappa shape index (κ3) is 20.4. The first-order valence-electron chi connectivity index (χ1n) is 37.4. The minimum absolute atomic E-state index is 0.00874. The Morgan fingerprint density at radius 3 is 2.15 bits per heavy atom. The molecule has 5 amide bonds. The molecule has 0 spiro atoms. The molecular formula is C77H108F2N8O18. The maximum absolute atomic E-state index is 17.7. The molecule has 4 fully saturated rings. The highest BCUT2D eigenvalue weighted by Gasteiger charge is 2.76. The lowest BCUT2D eigenvalue weighted by molar-refractivity contribution is -0.223. The Morgan fingerprint density at radius 2 is 1.47 bits per heavy atom. The molecule has 14 atom stereocenters. The molecule has 26 nitrogen and oxygen atoms in total. The Balaban J connectivity index is 0.610. The van der Waals surface area contributed by atoms with E-state index >= 15 is 8.78 Å². The number of unbranched alkanes of at least 4 members (excludes halogenated alkanes) is 1. The van der Waals surface area contributed by atoms with Crippen LogP contribution in [0.15, 0.2) is 72.3 Å². The second kappa shape index (κ2) is 37.8. The summed E-state index contributed by atoms with van der Waals surface area (Å²) < 4.78 is 80.7. The number of anilines is 1. The Morgan fingerprint density at radius 1 is 0.800 bits per heavy atom. The number of ether oxygens (including phenoxy) is 8. The number of primary amides is 1. The van der Waals surface area contributed by atoms with Gasteiger partial charge in [-0.2, -0.15) is 0 Å². The van der Waals surface area contributed by atoms with E-state index in [-0.39, 0.29) is 101 Å². The van der Waals surface area contributed by atoms with Crippen molar-refractivity contribution in [2.75, 3.05) is 97.7 Å². The molecule has 0 radical (unpaired) electrons. The topological polar surface area (TPSA) is 356 Å². The molecule has 1 aromatic heterocycles. The van der Waals surface area contributed by atoms with Crippen LogP contribution in [-0.4, -0.2) is 194 Å². The lowest BCUT2D eigenvalue weighted by Gasteiger charge is -2.63. The summed E-state index contributed by atoms with van der Waals surface area (Å²) >= 11 is 0. The van der Waals surface area contributed by atoms with Crippen LogP contribution in [0.5, 0.6) is 5.75 Å². The van der Waals surface area contributed by atoms with Crippen molar-refractivity contribution in [1.29, 1.82) is 0 Å². The normalized spacial score (nSPS) is 26.9. The van der Waals surface area contributed by atoms with E-state index in [0.29, 0.717) is 100 Å². The molecule has 3 aromatic rings. The van der Waals surface area contributed by atoms with Crippen molar-refractivity contribution >= 4 is 52.9 Å². The predicted octanol–water partition coefficient (Wildman–Crippen LogP) is 7.35. The smallest absolute Gasteiger partial charge is 0.407 e. The number of nitrogens with one attached hydrogen (secondary N) is 4. The number of ketones is 3. The maximum atomic E-state index is 17.7. The Labute approximate surface area is 613 Å². The number of alkyl halides is 2. The number of hydrogen-bond acceptors (Lipinski definition) is 20. The zero-order chi connectivity index (χ0) is 75.5. The van der Waals surface area contributed by atoms with Gasteiger partial charge >= 0.3 is 18.1 Å². The number of alkyl carbamates (subject to hydrolysis) is 1. The summed E-state index contributed by atoms with van der Waals surface area (Å²) in [5, 5.41) is 43.8. The predicted molar refractivity (Wildman–Crippen MR) is 380 cm³/mol. The number of amides is 5. The van der Waals surface area contributed by atoms with E-state index in [1.807, 2.05) is 4.68 Å². The van der Waals surface area contributed by atoms with E-state index in [4.69, 9.17) is 43.6 Å². The van der Waals surface area contributed by atoms with E-state index < -0.39 is 112 Å². The van der Waals surface area contributed by atoms with Gasteiger partial charge in [-0.05, 0) is 160 Å². The first kappa shape index (κ1) is 81.5. The summed E-state index contributed by atoms with van der Waals surface area (Å²) in [6, 6.07) is 11.3. The third-order valence-corrected chi connectivity index (χ3v) is 22.5. The highest BCUT2D eigenvalue weighted by atomic mass is 19.1. The van der Waals surface area contributed by atoms with Crippen LogP contribution in [0.1, 0.15) is 135 Å². The van der Waals surface area contributed by atoms with Crippen LogP contribution >= 0.6 is 0 Å². The maximum Gasteiger partial charge on any atom is 0.407 e. The molecule has 2 aromatic carbocycles. The van der Waals surface area contributed by atoms with Gasteiger partial charge in [-0.15, -0.1) is 5.10 Å². The first-order valence-corrected chi connectivity index (χ1v) is 37.4. The third-order valence-electron chi connectivity index (χ3n) is 22.5. The quantitative estimate of drug-likeness (QED) is 0.0215. The lowest BCUT2D eigenvalue weighted by atomic mass is 9.44. The van der Waals surface area contributed by atoms with E-state index in [9.17, 15) is 48.6 Å². The zero-order valence-electron chi connectivity index (χ0n) is 61.5. The van der Waals surface area contributed by atoms with Crippen LogP contribution in [-0.2, 0) is 94.3 Å². The van der Waals surface area contributed by atoms with Crippen LogP contribution < -0.4 is 31.7 Å². The largest absolute Gasteiger partial charge is 0.486 e. The Bertz CT molecular complexity index is 3520. The molecule has 8 N–H and O–H groups in total. The minimum atomic E-state index is -2.36. The molecule has 4 saturated carbocycles. The van der Waals surface area contributed by atoms with Crippen LogP contribution in [0.2, 0.25) is 0 Å². The summed E-state index contributed by atoms with van der Waals surface area (Å²) in [6.07, 6.45) is 5.69. The summed E-state index contributed by atoms with van der Waals surface area (Å²) in [5.41, 5.74) is 1.80. The average Bonchev–Trinajstić information content (AvgIpc) is 1.63. The van der Waals surface area contributed by atoms with Gasteiger partial charge in [0.15, 0.2) is 17.2 Å². The number of aliphatic hydroxyl groups excluding tert-OH is 1. The van der Waals surface area contributed by atoms with E-state index in [0.717, 1.165) is 56.9 Å². The number of allylic oxidation sites excluding steroid dienone is 4. The number of aromatic nitrogens is 3. The lowest BCUT2D eigenvalue weighted by Crippen LogP contribution is -2.70. The fourth-order valence-corrected chi connectivity index (χ4v) is 16.7. The number of carbonyl (C=O) groups excluding carboxylic acids is 8. The zero-order valence-corrected chi connectivity index (χ0v) is 61.5. The Kier molecular flexibility index (Phi) is 29.3. The molecular weight excluding hydrogens is 1360 g/mol. The molecule has 9 rings (SSSR count). The van der Waals surface area contributed by atoms with E-state index in [1.54, 1.807) is 76.2 Å². The van der Waals surface area contributed by atoms with Gasteiger partial charge in [-0.3, -0.25) is 28.8 Å². The second-order valence-corrected chi connectivity index (χ2v) is 29.7. The molecule has 6 aliphatic carbocycles. The van der Waals surface area contributed by atoms with Crippen molar-refractivity contribution in [3.8, 4) is 5.75 Å². The van der Waals surface area contributed by atoms with Crippen molar-refractivity contribution in [2.45, 2.75) is 174 Å². The number of halogens is 2. The number of urea groups is 1. The fourth-order valence-electron chi connectivity index (χ4n) is 16.7. The number of nitrogens with zero attached hydrogens (tertiary/aromatic N) is 3. The van der Waals surface area contributed by atoms with Gasteiger partial charge in [0.2, 0.25) is 17.6 Å². The first-order chi connectivity index (χ1) is 50.3. The van der Waals surface area contributed by atoms with Crippen molar-refractivity contribution in [3.63, 3.8) is 0 Å². The fraction of sp³-hybridized carbons (Fsp3) is 0.662. The number of fused-ring (bicyclic) bond motifs is 7. The number of Topliss-reactive ketones (excluding diaryl/α,β-unsaturated/α-hetero) is 2. The summed E-state index contributed by atoms with van der Waals surface area (Å²) in [6.45, 7) is 15.1. The van der Waals surface area contributed by atoms with Gasteiger partial charge in [0.05, 0.1) is 103 Å². The van der Waals surface area contributed by atoms with Gasteiger partial charge in [0.1, 0.15) is 30.7 Å². The highest BCUT2D eigenvalue weighted by molar-refractivity contribution is 6.01. The van der Waals surface area contributed by atoms with Gasteiger partial charge in [0, 0.05) is 60.9 Å². The minimum Gasteiger partial charge on any atom is -0.486 e. The molecule has 0 aliphatic heterocycles. The van der Waals surface area contributed by atoms with Crippen molar-refractivity contribution in [3.05, 3.63) is 94.8 Å². The molecule has 0 saturated heterocycles. The van der Waals surface area contributed by atoms with Gasteiger partial charge in [-0.1, -0.05) is 76.6 Å². The summed E-state index contributed by atoms with van der Waals surface area (Å²) in [7, 11) is 0. The number of rotatable bonds is 42. The number of nitrogens with two attached hydrogens (primary N) is 1. The number of aryl methyl sites for hydroxylation is 1. The molecule has 1 heterocycles. The summed E-state index contributed by atoms with van der Waals surface area (Å²) in [4.78, 5) is 104. The Hall–Kier alpha value is -7.60. The molecule has 578 valence electrons. The number of aliphatic hydroxyl groups is 2. The van der Waals surface area contributed by atoms with Crippen LogP contribution in [0, 0.1) is 58.2 Å². The number of benzene rings is 2. The average molecular weight is 1470 g/mol. The molecule has 0 bridgehead atoms. The molecule has 105 heavy (non-hydrogen) atoms. The summed E-state index contributed by atoms with van der Waals surface area (Å²) in [5.74, 6) is -4.77. The van der Waals surface area contributed by atoms with Gasteiger partial charge in [-0.25, -0.2) is 23.1 Å². The van der Waals surface area contributed by atoms with Crippen molar-refractivity contribution in [1.82, 2.24) is 30.9 Å². The second-order valence-electron chi connectivity index (χ2n) is 29.7. The van der Waals surface area contributed by atoms with E-state index in [1.165, 1.54) is 24.8 Å². The van der Waals surface area contributed by atoms with Crippen molar-refractivity contribution < 1.29 is 95.2 Å². The van der Waals surface area contributed by atoms with Crippen LogP contribution in [0.3, 0.4) is 0 Å². The SMILES string of the molecule is CCCCOCCn1nnc2c1CCC1C(CC2)C1COC(=O)NCCOCCOCCOCCOCCC(=O)N[C@H](C(=O)C[C@@H](CCCNC(N)=O)C(=O)Nc1ccc(COC(=O)Cc2ccc(OCC(=O)[C@@]3(O)[C@H](C)C[C@H]4[C@@H]5C[C@H](F)C6=CC(=O)C=C[C@]6(C)[C@@]5(F)[C@@H](O)C[C@@]43C)cc2)cc1)C(C)C. The molecule has 28 heteroatoms. The van der Waals surface area contributed by atoms with Crippen LogP contribution in [0.4, 0.5) is 24.1 Å². The van der Waals surface area contributed by atoms with Gasteiger partial charge in [0.25, 0.3) is 0 Å². The van der Waals surface area contributed by atoms with Crippen molar-refractivity contribution in [2.24, 2.45) is 63.9 Å².